The predicted molar refractivity (Wildman–Crippen MR) is 255 cm³/mol. The fourth-order valence-electron chi connectivity index (χ4n) is 7.89. The van der Waals surface area contributed by atoms with Gasteiger partial charge >= 0.3 is 29.8 Å². The third-order valence-electron chi connectivity index (χ3n) is 13.3. The van der Waals surface area contributed by atoms with Crippen LogP contribution in [0.15, 0.2) is 58.2 Å². The maximum atomic E-state index is 13.3. The van der Waals surface area contributed by atoms with Gasteiger partial charge < -0.3 is 103 Å². The van der Waals surface area contributed by atoms with Crippen LogP contribution in [0.5, 0.6) is 0 Å². The van der Waals surface area contributed by atoms with Crippen LogP contribution < -0.4 is 0 Å². The monoisotopic (exact) mass is 1090 g/mol. The number of allylic oxidation sites excluding steroid dienone is 5. The smallest absolute Gasteiger partial charge is 0.334 e. The zero-order valence-electron chi connectivity index (χ0n) is 43.9. The largest absolute Gasteiger partial charge is 0.459 e. The first kappa shape index (κ1) is 63.9. The Balaban J connectivity index is 1.82. The average Bonchev–Trinajstić information content (AvgIpc) is 3.41. The van der Waals surface area contributed by atoms with Crippen molar-refractivity contribution in [1.29, 1.82) is 0 Å². The van der Waals surface area contributed by atoms with Gasteiger partial charge in [0, 0.05) is 27.9 Å². The molecule has 9 N–H and O–H groups in total. The molecule has 0 radical (unpaired) electrons. The summed E-state index contributed by atoms with van der Waals surface area (Å²) in [5.74, 6) is -4.56. The number of rotatable bonds is 21. The molecule has 4 fully saturated rings. The van der Waals surface area contributed by atoms with E-state index >= 15 is 0 Å². The normalized spacial score (nSPS) is 37.0. The molecular weight excluding hydrogens is 1020 g/mol. The highest BCUT2D eigenvalue weighted by Crippen LogP contribution is 2.37. The van der Waals surface area contributed by atoms with Crippen LogP contribution in [0.3, 0.4) is 0 Å². The molecule has 4 aliphatic heterocycles. The van der Waals surface area contributed by atoms with E-state index in [0.717, 1.165) is 0 Å². The predicted octanol–water partition coefficient (Wildman–Crippen LogP) is -1.77. The molecule has 0 bridgehead atoms. The Morgan fingerprint density at radius 2 is 0.750 bits per heavy atom. The van der Waals surface area contributed by atoms with Crippen molar-refractivity contribution < 1.29 is 127 Å². The van der Waals surface area contributed by atoms with Crippen molar-refractivity contribution in [2.45, 2.75) is 198 Å². The van der Waals surface area contributed by atoms with Gasteiger partial charge in [-0.1, -0.05) is 37.3 Å². The second kappa shape index (κ2) is 29.4. The molecule has 76 heavy (non-hydrogen) atoms. The summed E-state index contributed by atoms with van der Waals surface area (Å²) in [6, 6.07) is 0. The molecule has 4 rings (SSSR count). The molecule has 4 aliphatic rings. The summed E-state index contributed by atoms with van der Waals surface area (Å²) in [4.78, 5) is 64.7. The van der Waals surface area contributed by atoms with Gasteiger partial charge in [0.25, 0.3) is 0 Å². The summed E-state index contributed by atoms with van der Waals surface area (Å²) in [5.41, 5.74) is 0.606. The second-order valence-corrected chi connectivity index (χ2v) is 18.2. The van der Waals surface area contributed by atoms with E-state index in [2.05, 4.69) is 0 Å². The van der Waals surface area contributed by atoms with Gasteiger partial charge in [0.05, 0.1) is 13.2 Å². The zero-order valence-corrected chi connectivity index (χ0v) is 43.9. The van der Waals surface area contributed by atoms with Crippen molar-refractivity contribution in [3.63, 3.8) is 0 Å². The van der Waals surface area contributed by atoms with Crippen LogP contribution in [0.25, 0.3) is 0 Å². The Morgan fingerprint density at radius 1 is 0.395 bits per heavy atom. The van der Waals surface area contributed by atoms with E-state index in [4.69, 9.17) is 56.8 Å². The van der Waals surface area contributed by atoms with Crippen LogP contribution in [0.4, 0.5) is 0 Å². The minimum Gasteiger partial charge on any atom is -0.459 e. The minimum absolute atomic E-state index is 0.0467. The van der Waals surface area contributed by atoms with Gasteiger partial charge in [0.2, 0.25) is 0 Å². The van der Waals surface area contributed by atoms with Crippen molar-refractivity contribution in [3.8, 4) is 0 Å². The van der Waals surface area contributed by atoms with E-state index in [1.807, 2.05) is 0 Å². The lowest BCUT2D eigenvalue weighted by atomic mass is 9.96. The maximum absolute atomic E-state index is 13.3. The van der Waals surface area contributed by atoms with Gasteiger partial charge in [0.1, 0.15) is 92.6 Å². The second-order valence-electron chi connectivity index (χ2n) is 18.2. The molecule has 430 valence electrons. The number of hydrogen-bond acceptors (Lipinski definition) is 26. The number of aliphatic hydroxyl groups excluding tert-OH is 9. The van der Waals surface area contributed by atoms with E-state index < -0.39 is 179 Å². The Hall–Kier alpha value is -4.59. The van der Waals surface area contributed by atoms with Gasteiger partial charge in [-0.2, -0.15) is 0 Å². The summed E-state index contributed by atoms with van der Waals surface area (Å²) in [6.07, 6.45) is -32.0. The molecule has 0 aromatic rings. The Kier molecular flexibility index (Phi) is 24.7. The number of hydrogen-bond donors (Lipinski definition) is 9. The van der Waals surface area contributed by atoms with Gasteiger partial charge in [-0.05, 0) is 68.7 Å². The van der Waals surface area contributed by atoms with E-state index in [-0.39, 0.29) is 34.3 Å². The fourth-order valence-corrected chi connectivity index (χ4v) is 7.89. The molecule has 4 saturated heterocycles. The minimum atomic E-state index is -2.20. The van der Waals surface area contributed by atoms with Gasteiger partial charge in [-0.15, -0.1) is 0 Å². The van der Waals surface area contributed by atoms with Crippen molar-refractivity contribution in [2.24, 2.45) is 0 Å². The first-order valence-corrected chi connectivity index (χ1v) is 24.7. The molecule has 0 amide bonds. The number of carbonyl (C=O) groups is 5. The van der Waals surface area contributed by atoms with E-state index in [0.29, 0.717) is 0 Å². The zero-order chi connectivity index (χ0) is 56.9. The first-order chi connectivity index (χ1) is 36.0. The molecule has 26 nitrogen and oxygen atoms in total. The van der Waals surface area contributed by atoms with Crippen LogP contribution >= 0.6 is 0 Å². The molecular formula is C50H74O26. The average molecular weight is 1090 g/mol. The highest BCUT2D eigenvalue weighted by molar-refractivity contribution is 5.90. The lowest BCUT2D eigenvalue weighted by molar-refractivity contribution is -0.414. The fraction of sp³-hybridized carbons (Fsp3) is 0.700. The van der Waals surface area contributed by atoms with Gasteiger partial charge in [0.15, 0.2) is 43.5 Å². The molecule has 0 saturated carbocycles. The first-order valence-electron chi connectivity index (χ1n) is 24.7. The number of carbonyl (C=O) groups excluding carboxylic acids is 5. The topological polar surface area (TPSA) is 378 Å². The maximum Gasteiger partial charge on any atom is 0.334 e. The number of aliphatic hydroxyl groups is 9. The summed E-state index contributed by atoms with van der Waals surface area (Å²) >= 11 is 0. The number of ether oxygens (including phenoxy) is 12. The van der Waals surface area contributed by atoms with E-state index in [1.165, 1.54) is 71.9 Å². The van der Waals surface area contributed by atoms with Crippen molar-refractivity contribution in [3.05, 3.63) is 58.2 Å². The third-order valence-corrected chi connectivity index (χ3v) is 13.3. The summed E-state index contributed by atoms with van der Waals surface area (Å²) in [7, 11) is 0. The van der Waals surface area contributed by atoms with Crippen LogP contribution in [0, 0.1) is 0 Å². The summed E-state index contributed by atoms with van der Waals surface area (Å²) in [6.45, 7) is 11.6. The molecule has 0 aromatic carbocycles. The standard InChI is InChI=1S/C50H74O26/c1-11-21(7)42(60)65-19-28-30(53)32(55)40(74-47-35(58)34(57)37(26(17-51)67-47)71-44(62)23(9)13-3)49(69-28)76-50-41(33(56)31(54)29(70-50)20-66-43(61)22(8)12-2)75-48-36(59)39(73-45(63)24(10)14-4)38(27(18-52)68-48)72-46(64)25(15-5)16-6/h11-15,26-41,47-59H,16-20H2,1-10H3/t26-,27-,28-,29-,30-,31-,32+,33+,34-,35-,36-,37-,38-,39-,40-,41-,47+,48+,49-,50-/m1/s1. The number of esters is 5. The van der Waals surface area contributed by atoms with Crippen LogP contribution in [0.2, 0.25) is 0 Å². The van der Waals surface area contributed by atoms with Crippen molar-refractivity contribution >= 4 is 29.8 Å². The molecule has 26 heteroatoms. The molecule has 0 aliphatic carbocycles. The Morgan fingerprint density at radius 3 is 1.14 bits per heavy atom. The van der Waals surface area contributed by atoms with E-state index in [9.17, 15) is 69.9 Å². The van der Waals surface area contributed by atoms with E-state index in [1.54, 1.807) is 27.7 Å². The summed E-state index contributed by atoms with van der Waals surface area (Å²) in [5, 5.41) is 102. The highest BCUT2D eigenvalue weighted by atomic mass is 16.8. The van der Waals surface area contributed by atoms with Crippen LogP contribution in [-0.4, -0.2) is 225 Å². The lowest BCUT2D eigenvalue weighted by Gasteiger charge is -2.49. The Labute approximate surface area is 438 Å². The molecule has 0 spiro atoms. The highest BCUT2D eigenvalue weighted by Gasteiger charge is 2.57. The van der Waals surface area contributed by atoms with Crippen molar-refractivity contribution in [2.75, 3.05) is 26.4 Å². The SMILES string of the molecule is CC=C(C)C(=O)OC[C@H]1O[C@H](O[C@H]2O[C@H](COC(=O)C(C)=CC)[C@@H](O)[C@H](O)[C@H]2O[C@@H]2O[C@H](CO)[C@@H](OC(=O)C(=CC)CC)[C@H](OC(=O)C(C)=CC)[C@H]2O)[C@H](O[C@@H]2O[C@H](CO)[C@@H](OC(=O)C(C)=CC)[C@H](O)[C@H]2O)[C@@H](O)[C@@H]1O. The third kappa shape index (κ3) is 15.4. The molecule has 20 atom stereocenters. The van der Waals surface area contributed by atoms with Crippen LogP contribution in [0.1, 0.15) is 75.7 Å². The Bertz CT molecular complexity index is 2140. The van der Waals surface area contributed by atoms with Crippen molar-refractivity contribution in [1.82, 2.24) is 0 Å². The van der Waals surface area contributed by atoms with Gasteiger partial charge in [-0.3, -0.25) is 0 Å². The van der Waals surface area contributed by atoms with Gasteiger partial charge in [-0.25, -0.2) is 24.0 Å². The lowest BCUT2D eigenvalue weighted by Crippen LogP contribution is -2.68. The molecule has 4 heterocycles. The molecule has 0 aromatic heterocycles. The quantitative estimate of drug-likeness (QED) is 0.0349. The van der Waals surface area contributed by atoms with Crippen LogP contribution in [-0.2, 0) is 80.8 Å². The molecule has 0 unspecified atom stereocenters. The summed E-state index contributed by atoms with van der Waals surface area (Å²) < 4.78 is 69.4.